The molecule has 1 aromatic carbocycles. The van der Waals surface area contributed by atoms with Crippen LogP contribution in [0.3, 0.4) is 0 Å². The maximum absolute atomic E-state index is 12.8. The van der Waals surface area contributed by atoms with Gasteiger partial charge in [0.05, 0.1) is 25.0 Å². The normalized spacial score (nSPS) is 11.2. The number of H-pyrrole nitrogens is 1. The first kappa shape index (κ1) is 30.5. The average Bonchev–Trinajstić information content (AvgIpc) is 3.15. The number of hydrogen-bond acceptors (Lipinski definition) is 6. The summed E-state index contributed by atoms with van der Waals surface area (Å²) in [6, 6.07) is 7.65. The number of carbonyl (C=O) groups is 3. The number of alkyl halides is 3. The quantitative estimate of drug-likeness (QED) is 0.363. The van der Waals surface area contributed by atoms with E-state index in [1.165, 1.54) is 0 Å². The zero-order valence-electron chi connectivity index (χ0n) is 21.1. The largest absolute Gasteiger partial charge is 0.542 e. The maximum Gasteiger partial charge on any atom is 0.430 e. The van der Waals surface area contributed by atoms with E-state index in [2.05, 4.69) is 10.3 Å². The molecule has 1 amide bonds. The lowest BCUT2D eigenvalue weighted by Crippen LogP contribution is -2.76. The zero-order chi connectivity index (χ0) is 27.7. The molecule has 4 N–H and O–H groups in total. The molecule has 0 atom stereocenters. The second kappa shape index (κ2) is 13.0. The predicted octanol–water partition coefficient (Wildman–Crippen LogP) is 1.98. The lowest BCUT2D eigenvalue weighted by molar-refractivity contribution is -0.589. The molecule has 0 fully saturated rings. The lowest BCUT2D eigenvalue weighted by Gasteiger charge is -2.20. The van der Waals surface area contributed by atoms with Crippen LogP contribution in [-0.4, -0.2) is 48.3 Å². The standard InChI is InChI=1S/C22H31N3O4.C2HF3O2/c1-7-16-18(21(27)29-8-2)17(24-19(16)20(26)25-22(3,4)5)13-23-14-9-11-15(28-6)12-10-14;3-2(4,5)1(6)7/h9-12,23-24H,7-8,13H2,1-6H3,(H,25,26);(H,6,7). The number of rotatable bonds is 8. The van der Waals surface area contributed by atoms with E-state index in [0.29, 0.717) is 35.5 Å². The summed E-state index contributed by atoms with van der Waals surface area (Å²) in [6.45, 7) is 10.2. The van der Waals surface area contributed by atoms with Crippen molar-refractivity contribution in [1.29, 1.82) is 0 Å². The number of carboxylic acids is 1. The number of aliphatic carboxylic acids is 1. The van der Waals surface area contributed by atoms with Crippen molar-refractivity contribution in [3.63, 3.8) is 0 Å². The fourth-order valence-corrected chi connectivity index (χ4v) is 3.11. The van der Waals surface area contributed by atoms with E-state index in [1.807, 2.05) is 57.3 Å². The number of hydrogen-bond donors (Lipinski definition) is 3. The third kappa shape index (κ3) is 9.25. The van der Waals surface area contributed by atoms with Crippen molar-refractivity contribution in [3.05, 3.63) is 46.8 Å². The van der Waals surface area contributed by atoms with Gasteiger partial charge in [0.15, 0.2) is 0 Å². The van der Waals surface area contributed by atoms with Crippen molar-refractivity contribution in [2.45, 2.75) is 59.3 Å². The molecule has 1 heterocycles. The molecule has 0 saturated carbocycles. The van der Waals surface area contributed by atoms with Gasteiger partial charge >= 0.3 is 12.1 Å². The minimum Gasteiger partial charge on any atom is -0.542 e. The summed E-state index contributed by atoms with van der Waals surface area (Å²) >= 11 is 0. The second-order valence-corrected chi connectivity index (χ2v) is 8.58. The van der Waals surface area contributed by atoms with E-state index >= 15 is 0 Å². The molecule has 1 aromatic heterocycles. The summed E-state index contributed by atoms with van der Waals surface area (Å²) in [6.07, 6.45) is -4.65. The van der Waals surface area contributed by atoms with Gasteiger partial charge in [-0.15, -0.1) is 0 Å². The molecule has 0 spiro atoms. The Bertz CT molecular complexity index is 1040. The first-order valence-corrected chi connectivity index (χ1v) is 11.1. The van der Waals surface area contributed by atoms with E-state index in [9.17, 15) is 22.8 Å². The van der Waals surface area contributed by atoms with Gasteiger partial charge in [-0.2, -0.15) is 13.2 Å². The van der Waals surface area contributed by atoms with E-state index in [4.69, 9.17) is 19.4 Å². The molecule has 200 valence electrons. The highest BCUT2D eigenvalue weighted by molar-refractivity contribution is 6.01. The van der Waals surface area contributed by atoms with Crippen LogP contribution < -0.4 is 20.5 Å². The number of halogens is 3. The van der Waals surface area contributed by atoms with Gasteiger partial charge in [0.2, 0.25) is 0 Å². The van der Waals surface area contributed by atoms with Crippen molar-refractivity contribution in [1.82, 2.24) is 10.3 Å². The molecule has 12 heteroatoms. The molecule has 0 saturated heterocycles. The topological polar surface area (TPSA) is 137 Å². The number of aromatic nitrogens is 1. The number of amides is 1. The van der Waals surface area contributed by atoms with Crippen LogP contribution >= 0.6 is 0 Å². The molecule has 0 radical (unpaired) electrons. The highest BCUT2D eigenvalue weighted by Gasteiger charge is 2.29. The minimum absolute atomic E-state index is 0.226. The van der Waals surface area contributed by atoms with E-state index in [1.54, 1.807) is 14.0 Å². The molecule has 0 bridgehead atoms. The molecule has 2 aromatic rings. The van der Waals surface area contributed by atoms with Crippen LogP contribution in [0.15, 0.2) is 24.3 Å². The Morgan fingerprint density at radius 2 is 1.64 bits per heavy atom. The summed E-state index contributed by atoms with van der Waals surface area (Å²) in [5.74, 6) is -2.86. The van der Waals surface area contributed by atoms with Gasteiger partial charge in [-0.25, -0.2) is 4.79 Å². The Morgan fingerprint density at radius 1 is 1.08 bits per heavy atom. The highest BCUT2D eigenvalue weighted by Crippen LogP contribution is 2.22. The van der Waals surface area contributed by atoms with E-state index in [-0.39, 0.29) is 18.1 Å². The van der Waals surface area contributed by atoms with Crippen molar-refractivity contribution < 1.29 is 47.5 Å². The van der Waals surface area contributed by atoms with Gasteiger partial charge in [-0.3, -0.25) is 4.79 Å². The van der Waals surface area contributed by atoms with Crippen molar-refractivity contribution >= 4 is 23.5 Å². The number of ether oxygens (including phenoxy) is 2. The SMILES string of the molecule is CCOC(=O)c1c(C[NH2+]c2ccc(OC)cc2)[nH]c(C(=O)NC(C)(C)C)c1CC.O=C([O-])C(F)(F)F. The van der Waals surface area contributed by atoms with Gasteiger partial charge in [-0.1, -0.05) is 6.92 Å². The number of carbonyl (C=O) groups excluding carboxylic acids is 3. The number of nitrogens with one attached hydrogen (secondary N) is 2. The number of aromatic amines is 1. The number of carboxylic acid groups (broad SMARTS) is 1. The Labute approximate surface area is 207 Å². The van der Waals surface area contributed by atoms with Crippen molar-refractivity contribution in [3.8, 4) is 5.75 Å². The summed E-state index contributed by atoms with van der Waals surface area (Å²) in [5.41, 5.74) is 2.85. The molecule has 36 heavy (non-hydrogen) atoms. The number of esters is 1. The molecule has 0 unspecified atom stereocenters. The first-order chi connectivity index (χ1) is 16.6. The first-order valence-electron chi connectivity index (χ1n) is 11.1. The fraction of sp³-hybridized carbons (Fsp3) is 0.458. The van der Waals surface area contributed by atoms with Crippen LogP contribution in [0.2, 0.25) is 0 Å². The number of quaternary nitrogens is 1. The van der Waals surface area contributed by atoms with Crippen LogP contribution in [0.1, 0.15) is 66.7 Å². The highest BCUT2D eigenvalue weighted by atomic mass is 19.4. The molecule has 0 aliphatic carbocycles. The van der Waals surface area contributed by atoms with Crippen molar-refractivity contribution in [2.24, 2.45) is 0 Å². The number of benzene rings is 1. The van der Waals surface area contributed by atoms with Gasteiger partial charge in [-0.05, 0) is 51.8 Å². The van der Waals surface area contributed by atoms with Crippen LogP contribution in [0.5, 0.6) is 5.75 Å². The van der Waals surface area contributed by atoms with Gasteiger partial charge in [0.25, 0.3) is 5.91 Å². The second-order valence-electron chi connectivity index (χ2n) is 8.58. The smallest absolute Gasteiger partial charge is 0.430 e. The Morgan fingerprint density at radius 3 is 2.06 bits per heavy atom. The summed E-state index contributed by atoms with van der Waals surface area (Å²) in [5, 5.41) is 13.7. The van der Waals surface area contributed by atoms with Crippen LogP contribution in [0.4, 0.5) is 18.9 Å². The molecular formula is C24H32F3N3O6. The van der Waals surface area contributed by atoms with E-state index in [0.717, 1.165) is 11.4 Å². The van der Waals surface area contributed by atoms with Crippen LogP contribution in [0, 0.1) is 0 Å². The van der Waals surface area contributed by atoms with Gasteiger partial charge in [0.1, 0.15) is 29.6 Å². The van der Waals surface area contributed by atoms with Crippen LogP contribution in [0.25, 0.3) is 0 Å². The van der Waals surface area contributed by atoms with E-state index < -0.39 is 18.1 Å². The Kier molecular flexibility index (Phi) is 11.0. The molecular weight excluding hydrogens is 483 g/mol. The Hall–Kier alpha value is -3.54. The minimum atomic E-state index is -5.19. The average molecular weight is 516 g/mol. The zero-order valence-corrected chi connectivity index (χ0v) is 21.1. The third-order valence-corrected chi connectivity index (χ3v) is 4.62. The number of methoxy groups -OCH3 is 1. The molecule has 2 rings (SSSR count). The predicted molar refractivity (Wildman–Crippen MR) is 123 cm³/mol. The lowest BCUT2D eigenvalue weighted by atomic mass is 10.0. The summed E-state index contributed by atoms with van der Waals surface area (Å²) < 4.78 is 42.0. The number of nitrogens with two attached hydrogens (primary N) is 1. The summed E-state index contributed by atoms with van der Waals surface area (Å²) in [4.78, 5) is 37.4. The maximum atomic E-state index is 12.8. The molecule has 9 nitrogen and oxygen atoms in total. The van der Waals surface area contributed by atoms with Crippen LogP contribution in [-0.2, 0) is 22.5 Å². The molecule has 0 aliphatic heterocycles. The molecule has 0 aliphatic rings. The van der Waals surface area contributed by atoms with Gasteiger partial charge in [0, 0.05) is 17.7 Å². The third-order valence-electron chi connectivity index (χ3n) is 4.62. The summed E-state index contributed by atoms with van der Waals surface area (Å²) in [7, 11) is 1.62. The van der Waals surface area contributed by atoms with Gasteiger partial charge < -0.3 is 35.0 Å². The fourth-order valence-electron chi connectivity index (χ4n) is 3.11. The monoisotopic (exact) mass is 515 g/mol. The van der Waals surface area contributed by atoms with Crippen molar-refractivity contribution in [2.75, 3.05) is 13.7 Å². The Balaban J connectivity index is 0.000000809.